The zero-order chi connectivity index (χ0) is 12.8. The number of aryl methyl sites for hydroxylation is 1. The van der Waals surface area contributed by atoms with Crippen LogP contribution < -0.4 is 10.6 Å². The van der Waals surface area contributed by atoms with E-state index in [-0.39, 0.29) is 18.9 Å². The number of hydrogen-bond donors (Lipinski definition) is 3. The summed E-state index contributed by atoms with van der Waals surface area (Å²) in [6.07, 6.45) is -0.0721. The molecule has 0 bridgehead atoms. The summed E-state index contributed by atoms with van der Waals surface area (Å²) in [5, 5.41) is 16.1. The Morgan fingerprint density at radius 2 is 2.29 bits per heavy atom. The highest BCUT2D eigenvalue weighted by molar-refractivity contribution is 6.01. The van der Waals surface area contributed by atoms with Crippen molar-refractivity contribution in [1.82, 2.24) is 15.8 Å². The number of imide groups is 1. The van der Waals surface area contributed by atoms with Crippen molar-refractivity contribution in [2.24, 2.45) is 0 Å². The van der Waals surface area contributed by atoms with Crippen LogP contribution >= 0.6 is 0 Å². The fourth-order valence-corrected chi connectivity index (χ4v) is 1.03. The highest BCUT2D eigenvalue weighted by atomic mass is 16.5. The number of carboxylic acids is 1. The first-order chi connectivity index (χ1) is 7.97. The van der Waals surface area contributed by atoms with E-state index in [2.05, 4.69) is 15.0 Å². The van der Waals surface area contributed by atoms with E-state index < -0.39 is 12.0 Å². The second kappa shape index (κ2) is 5.64. The number of amides is 3. The van der Waals surface area contributed by atoms with Gasteiger partial charge in [0.1, 0.15) is 5.76 Å². The predicted octanol–water partition coefficient (Wildman–Crippen LogP) is -0.564. The van der Waals surface area contributed by atoms with Crippen LogP contribution in [0.15, 0.2) is 10.6 Å². The number of urea groups is 1. The average molecular weight is 241 g/mol. The highest BCUT2D eigenvalue weighted by Crippen LogP contribution is 2.01. The lowest BCUT2D eigenvalue weighted by Gasteiger charge is -1.82. The Bertz CT molecular complexity index is 426. The Kier molecular flexibility index (Phi) is 4.21. The van der Waals surface area contributed by atoms with Gasteiger partial charge in [-0.15, -0.1) is 0 Å². The highest BCUT2D eigenvalue weighted by Gasteiger charge is 2.14. The van der Waals surface area contributed by atoms with Crippen LogP contribution in [-0.4, -0.2) is 34.7 Å². The smallest absolute Gasteiger partial charge is 0.321 e. The molecule has 1 aliphatic heterocycles. The molecule has 2 heterocycles. The van der Waals surface area contributed by atoms with E-state index in [1.807, 2.05) is 5.32 Å². The number of carboxylic acid groups (broad SMARTS) is 1. The number of carbonyl (C=O) groups is 3. The summed E-state index contributed by atoms with van der Waals surface area (Å²) in [5.74, 6) is -0.519. The van der Waals surface area contributed by atoms with Crippen LogP contribution in [0.4, 0.5) is 4.79 Å². The van der Waals surface area contributed by atoms with Crippen molar-refractivity contribution in [3.63, 3.8) is 0 Å². The van der Waals surface area contributed by atoms with Crippen molar-refractivity contribution in [1.29, 1.82) is 0 Å². The number of aromatic nitrogens is 1. The minimum absolute atomic E-state index is 0.0721. The lowest BCUT2D eigenvalue weighted by molar-refractivity contribution is -0.136. The first kappa shape index (κ1) is 12.7. The molecule has 8 heteroatoms. The molecule has 0 radical (unpaired) electrons. The molecule has 0 aliphatic carbocycles. The monoisotopic (exact) mass is 241 g/mol. The van der Waals surface area contributed by atoms with E-state index in [1.54, 1.807) is 13.0 Å². The van der Waals surface area contributed by atoms with Gasteiger partial charge in [-0.2, -0.15) is 0 Å². The number of nitrogens with one attached hydrogen (secondary N) is 2. The van der Waals surface area contributed by atoms with Crippen molar-refractivity contribution >= 4 is 17.9 Å². The second-order valence-corrected chi connectivity index (χ2v) is 3.23. The standard InChI is InChI=1S/C6H7NO3.C3H4N2O2/c1-4-2-5(7-10-4)3-6(8)9;6-2-1-4-3(7)5-2/h2H,3H2,1H3,(H,8,9);1H2,(H2,4,5,6,7). The maximum atomic E-state index is 10.1. The van der Waals surface area contributed by atoms with Crippen LogP contribution in [0.5, 0.6) is 0 Å². The third-order valence-electron chi connectivity index (χ3n) is 1.67. The predicted molar refractivity (Wildman–Crippen MR) is 54.1 cm³/mol. The van der Waals surface area contributed by atoms with Crippen LogP contribution in [0.3, 0.4) is 0 Å². The minimum Gasteiger partial charge on any atom is -0.481 e. The molecule has 0 unspecified atom stereocenters. The van der Waals surface area contributed by atoms with Crippen LogP contribution in [0, 0.1) is 6.92 Å². The topological polar surface area (TPSA) is 122 Å². The van der Waals surface area contributed by atoms with E-state index >= 15 is 0 Å². The molecule has 92 valence electrons. The third-order valence-corrected chi connectivity index (χ3v) is 1.67. The Balaban J connectivity index is 0.000000181. The summed E-state index contributed by atoms with van der Waals surface area (Å²) in [7, 11) is 0. The fraction of sp³-hybridized carbons (Fsp3) is 0.333. The van der Waals surface area contributed by atoms with E-state index in [0.717, 1.165) is 0 Å². The molecule has 1 aromatic rings. The molecule has 17 heavy (non-hydrogen) atoms. The van der Waals surface area contributed by atoms with Crippen molar-refractivity contribution < 1.29 is 24.0 Å². The SMILES string of the molecule is Cc1cc(CC(=O)O)no1.O=C1CNC(=O)N1. The van der Waals surface area contributed by atoms with E-state index in [9.17, 15) is 14.4 Å². The summed E-state index contributed by atoms with van der Waals surface area (Å²) in [6.45, 7) is 1.84. The third kappa shape index (κ3) is 4.78. The van der Waals surface area contributed by atoms with Crippen LogP contribution in [0.1, 0.15) is 11.5 Å². The van der Waals surface area contributed by atoms with Crippen molar-refractivity contribution in [2.45, 2.75) is 13.3 Å². The summed E-state index contributed by atoms with van der Waals surface area (Å²) in [4.78, 5) is 30.2. The van der Waals surface area contributed by atoms with Gasteiger partial charge in [0.15, 0.2) is 0 Å². The van der Waals surface area contributed by atoms with Crippen molar-refractivity contribution in [2.75, 3.05) is 6.54 Å². The molecule has 0 saturated carbocycles. The van der Waals surface area contributed by atoms with Gasteiger partial charge in [0.25, 0.3) is 0 Å². The van der Waals surface area contributed by atoms with Crippen LogP contribution in [-0.2, 0) is 16.0 Å². The quantitative estimate of drug-likeness (QED) is 0.596. The lowest BCUT2D eigenvalue weighted by atomic mass is 10.3. The summed E-state index contributed by atoms with van der Waals surface area (Å²) in [5.41, 5.74) is 0.463. The lowest BCUT2D eigenvalue weighted by Crippen LogP contribution is -2.22. The average Bonchev–Trinajstić information content (AvgIpc) is 2.76. The summed E-state index contributed by atoms with van der Waals surface area (Å²) >= 11 is 0. The zero-order valence-corrected chi connectivity index (χ0v) is 9.02. The normalized spacial score (nSPS) is 13.5. The Morgan fingerprint density at radius 3 is 2.59 bits per heavy atom. The Morgan fingerprint density at radius 1 is 1.59 bits per heavy atom. The molecule has 1 fully saturated rings. The van der Waals surface area contributed by atoms with Crippen molar-refractivity contribution in [3.8, 4) is 0 Å². The van der Waals surface area contributed by atoms with Gasteiger partial charge in [-0.05, 0) is 6.92 Å². The van der Waals surface area contributed by atoms with Gasteiger partial charge in [0.05, 0.1) is 18.7 Å². The van der Waals surface area contributed by atoms with Gasteiger partial charge in [0, 0.05) is 6.07 Å². The first-order valence-electron chi connectivity index (χ1n) is 4.69. The molecule has 0 aromatic carbocycles. The zero-order valence-electron chi connectivity index (χ0n) is 9.02. The van der Waals surface area contributed by atoms with E-state index in [1.165, 1.54) is 0 Å². The van der Waals surface area contributed by atoms with Gasteiger partial charge in [-0.3, -0.25) is 14.9 Å². The molecular formula is C9H11N3O5. The maximum absolute atomic E-state index is 10.1. The largest absolute Gasteiger partial charge is 0.481 e. The maximum Gasteiger partial charge on any atom is 0.321 e. The van der Waals surface area contributed by atoms with Gasteiger partial charge >= 0.3 is 12.0 Å². The van der Waals surface area contributed by atoms with Crippen LogP contribution in [0.2, 0.25) is 0 Å². The van der Waals surface area contributed by atoms with Crippen LogP contribution in [0.25, 0.3) is 0 Å². The number of hydrogen-bond acceptors (Lipinski definition) is 5. The van der Waals surface area contributed by atoms with Gasteiger partial charge in [0.2, 0.25) is 5.91 Å². The van der Waals surface area contributed by atoms with E-state index in [0.29, 0.717) is 11.5 Å². The molecule has 1 aromatic heterocycles. The minimum atomic E-state index is -0.895. The molecule has 3 amide bonds. The first-order valence-corrected chi connectivity index (χ1v) is 4.69. The van der Waals surface area contributed by atoms with Gasteiger partial charge < -0.3 is 14.9 Å². The number of carbonyl (C=O) groups excluding carboxylic acids is 2. The molecule has 0 atom stereocenters. The summed E-state index contributed by atoms with van der Waals surface area (Å²) < 4.78 is 4.65. The molecule has 3 N–H and O–H groups in total. The molecule has 2 rings (SSSR count). The van der Waals surface area contributed by atoms with E-state index in [4.69, 9.17) is 5.11 Å². The fourth-order valence-electron chi connectivity index (χ4n) is 1.03. The summed E-state index contributed by atoms with van der Waals surface area (Å²) in [6, 6.07) is 1.21. The molecule has 8 nitrogen and oxygen atoms in total. The number of nitrogens with zero attached hydrogens (tertiary/aromatic N) is 1. The number of aliphatic carboxylic acids is 1. The Hall–Kier alpha value is -2.38. The van der Waals surface area contributed by atoms with Crippen molar-refractivity contribution in [3.05, 3.63) is 17.5 Å². The Labute approximate surface area is 96.0 Å². The number of rotatable bonds is 2. The molecule has 1 aliphatic rings. The second-order valence-electron chi connectivity index (χ2n) is 3.23. The molecular weight excluding hydrogens is 230 g/mol. The van der Waals surface area contributed by atoms with Gasteiger partial charge in [-0.1, -0.05) is 5.16 Å². The molecule has 1 saturated heterocycles. The molecule has 0 spiro atoms. The van der Waals surface area contributed by atoms with Gasteiger partial charge in [-0.25, -0.2) is 4.79 Å².